The predicted octanol–water partition coefficient (Wildman–Crippen LogP) is 1.14. The molecule has 6 heteroatoms. The second-order valence-corrected chi connectivity index (χ2v) is 7.12. The Labute approximate surface area is 148 Å². The Morgan fingerprint density at radius 2 is 1.84 bits per heavy atom. The van der Waals surface area contributed by atoms with Crippen LogP contribution < -0.4 is 0 Å². The molecule has 0 bridgehead atoms. The van der Waals surface area contributed by atoms with Gasteiger partial charge in [0.1, 0.15) is 13.2 Å². The SMILES string of the molecule is O=C(CN1CCOC1=O)N1CCN(C2CCc3ccccc3C2)CC1. The highest BCUT2D eigenvalue weighted by molar-refractivity contribution is 5.83. The van der Waals surface area contributed by atoms with Gasteiger partial charge in [0.05, 0.1) is 6.54 Å². The Hall–Kier alpha value is -2.08. The second-order valence-electron chi connectivity index (χ2n) is 7.12. The van der Waals surface area contributed by atoms with E-state index in [2.05, 4.69) is 29.2 Å². The summed E-state index contributed by atoms with van der Waals surface area (Å²) in [6.07, 6.45) is 3.10. The molecule has 3 aliphatic rings. The summed E-state index contributed by atoms with van der Waals surface area (Å²) in [5.74, 6) is 0.0347. The largest absolute Gasteiger partial charge is 0.448 e. The molecule has 0 aromatic heterocycles. The molecule has 0 N–H and O–H groups in total. The van der Waals surface area contributed by atoms with Crippen LogP contribution in [0.15, 0.2) is 24.3 Å². The number of aryl methyl sites for hydroxylation is 1. The monoisotopic (exact) mass is 343 g/mol. The average Bonchev–Trinajstić information content (AvgIpc) is 3.06. The molecule has 2 heterocycles. The maximum atomic E-state index is 12.4. The minimum atomic E-state index is -0.368. The van der Waals surface area contributed by atoms with E-state index < -0.39 is 0 Å². The maximum absolute atomic E-state index is 12.4. The van der Waals surface area contributed by atoms with Gasteiger partial charge in [-0.1, -0.05) is 24.3 Å². The molecule has 2 saturated heterocycles. The van der Waals surface area contributed by atoms with Crippen LogP contribution in [0.1, 0.15) is 17.5 Å². The van der Waals surface area contributed by atoms with Crippen molar-refractivity contribution < 1.29 is 14.3 Å². The number of carbonyl (C=O) groups is 2. The Kier molecular flexibility index (Phi) is 4.61. The maximum Gasteiger partial charge on any atom is 0.410 e. The van der Waals surface area contributed by atoms with Crippen molar-refractivity contribution in [2.75, 3.05) is 45.9 Å². The van der Waals surface area contributed by atoms with Gasteiger partial charge in [-0.25, -0.2) is 4.79 Å². The Morgan fingerprint density at radius 3 is 2.56 bits per heavy atom. The molecule has 2 amide bonds. The molecule has 4 rings (SSSR count). The van der Waals surface area contributed by atoms with E-state index in [-0.39, 0.29) is 18.5 Å². The zero-order chi connectivity index (χ0) is 17.2. The smallest absolute Gasteiger partial charge is 0.410 e. The first-order valence-electron chi connectivity index (χ1n) is 9.21. The van der Waals surface area contributed by atoms with E-state index in [1.54, 1.807) is 0 Å². The lowest BCUT2D eigenvalue weighted by Crippen LogP contribution is -2.54. The highest BCUT2D eigenvalue weighted by Gasteiger charge is 2.31. The molecule has 1 aromatic rings. The lowest BCUT2D eigenvalue weighted by molar-refractivity contribution is -0.133. The molecular formula is C19H25N3O3. The Morgan fingerprint density at radius 1 is 1.08 bits per heavy atom. The Bertz CT molecular complexity index is 655. The summed E-state index contributed by atoms with van der Waals surface area (Å²) in [5.41, 5.74) is 2.97. The van der Waals surface area contributed by atoms with Crippen molar-refractivity contribution in [3.8, 4) is 0 Å². The van der Waals surface area contributed by atoms with Crippen LogP contribution in [0.2, 0.25) is 0 Å². The molecule has 0 saturated carbocycles. The van der Waals surface area contributed by atoms with Crippen molar-refractivity contribution in [2.45, 2.75) is 25.3 Å². The van der Waals surface area contributed by atoms with Crippen molar-refractivity contribution in [1.82, 2.24) is 14.7 Å². The number of fused-ring (bicyclic) bond motifs is 1. The summed E-state index contributed by atoms with van der Waals surface area (Å²) in [7, 11) is 0. The highest BCUT2D eigenvalue weighted by atomic mass is 16.6. The fourth-order valence-electron chi connectivity index (χ4n) is 4.16. The van der Waals surface area contributed by atoms with Gasteiger partial charge in [0.25, 0.3) is 0 Å². The topological polar surface area (TPSA) is 53.1 Å². The van der Waals surface area contributed by atoms with E-state index in [1.165, 1.54) is 22.4 Å². The van der Waals surface area contributed by atoms with Gasteiger partial charge in [0, 0.05) is 32.2 Å². The molecule has 1 atom stereocenters. The second kappa shape index (κ2) is 7.04. The van der Waals surface area contributed by atoms with Crippen LogP contribution in [0.25, 0.3) is 0 Å². The summed E-state index contributed by atoms with van der Waals surface area (Å²) in [6, 6.07) is 9.32. The molecular weight excluding hydrogens is 318 g/mol. The highest BCUT2D eigenvalue weighted by Crippen LogP contribution is 2.25. The first-order chi connectivity index (χ1) is 12.2. The number of cyclic esters (lactones) is 1. The summed E-state index contributed by atoms with van der Waals surface area (Å²) < 4.78 is 4.89. The van der Waals surface area contributed by atoms with Gasteiger partial charge in [-0.3, -0.25) is 14.6 Å². The fraction of sp³-hybridized carbons (Fsp3) is 0.579. The van der Waals surface area contributed by atoms with Crippen LogP contribution in [0.5, 0.6) is 0 Å². The van der Waals surface area contributed by atoms with Gasteiger partial charge in [-0.15, -0.1) is 0 Å². The van der Waals surface area contributed by atoms with E-state index in [4.69, 9.17) is 4.74 Å². The zero-order valence-electron chi connectivity index (χ0n) is 14.5. The van der Waals surface area contributed by atoms with Crippen molar-refractivity contribution in [3.05, 3.63) is 35.4 Å². The molecule has 1 aliphatic carbocycles. The zero-order valence-corrected chi connectivity index (χ0v) is 14.5. The first kappa shape index (κ1) is 16.4. The molecule has 1 unspecified atom stereocenters. The van der Waals surface area contributed by atoms with Gasteiger partial charge in [-0.05, 0) is 30.4 Å². The van der Waals surface area contributed by atoms with Crippen molar-refractivity contribution in [2.24, 2.45) is 0 Å². The van der Waals surface area contributed by atoms with Crippen LogP contribution in [0, 0.1) is 0 Å². The summed E-state index contributed by atoms with van der Waals surface area (Å²) in [5, 5.41) is 0. The standard InChI is InChI=1S/C19H25N3O3/c23-18(14-22-11-12-25-19(22)24)21-9-7-20(8-10-21)17-6-5-15-3-1-2-4-16(15)13-17/h1-4,17H,5-14H2. The van der Waals surface area contributed by atoms with E-state index >= 15 is 0 Å². The fourth-order valence-corrected chi connectivity index (χ4v) is 4.16. The van der Waals surface area contributed by atoms with Gasteiger partial charge < -0.3 is 9.64 Å². The number of nitrogens with zero attached hydrogens (tertiary/aromatic N) is 3. The van der Waals surface area contributed by atoms with Crippen LogP contribution in [-0.2, 0) is 22.4 Å². The number of hydrogen-bond acceptors (Lipinski definition) is 4. The van der Waals surface area contributed by atoms with Gasteiger partial charge in [0.15, 0.2) is 0 Å². The van der Waals surface area contributed by atoms with E-state index in [1.807, 2.05) is 4.90 Å². The molecule has 0 radical (unpaired) electrons. The van der Waals surface area contributed by atoms with Crippen LogP contribution in [0.4, 0.5) is 4.79 Å². The van der Waals surface area contributed by atoms with Crippen LogP contribution >= 0.6 is 0 Å². The van der Waals surface area contributed by atoms with E-state index in [9.17, 15) is 9.59 Å². The van der Waals surface area contributed by atoms with E-state index in [0.29, 0.717) is 19.2 Å². The number of benzene rings is 1. The molecule has 25 heavy (non-hydrogen) atoms. The summed E-state index contributed by atoms with van der Waals surface area (Å²) >= 11 is 0. The van der Waals surface area contributed by atoms with E-state index in [0.717, 1.165) is 39.0 Å². The minimum absolute atomic E-state index is 0.0347. The third kappa shape index (κ3) is 3.49. The van der Waals surface area contributed by atoms with Gasteiger partial charge in [0.2, 0.25) is 5.91 Å². The molecule has 2 aliphatic heterocycles. The number of hydrogen-bond donors (Lipinski definition) is 0. The molecule has 2 fully saturated rings. The Balaban J connectivity index is 1.28. The number of piperazine rings is 1. The van der Waals surface area contributed by atoms with Crippen LogP contribution in [0.3, 0.4) is 0 Å². The average molecular weight is 343 g/mol. The van der Waals surface area contributed by atoms with Gasteiger partial charge in [-0.2, -0.15) is 0 Å². The normalized spacial score (nSPS) is 24.2. The summed E-state index contributed by atoms with van der Waals surface area (Å²) in [4.78, 5) is 29.8. The predicted molar refractivity (Wildman–Crippen MR) is 93.3 cm³/mol. The molecule has 1 aromatic carbocycles. The number of rotatable bonds is 3. The van der Waals surface area contributed by atoms with Crippen molar-refractivity contribution in [1.29, 1.82) is 0 Å². The number of ether oxygens (including phenoxy) is 1. The lowest BCUT2D eigenvalue weighted by atomic mass is 9.87. The van der Waals surface area contributed by atoms with Crippen molar-refractivity contribution in [3.63, 3.8) is 0 Å². The lowest BCUT2D eigenvalue weighted by Gasteiger charge is -2.41. The molecule has 6 nitrogen and oxygen atoms in total. The number of carbonyl (C=O) groups excluding carboxylic acids is 2. The quantitative estimate of drug-likeness (QED) is 0.826. The molecule has 0 spiro atoms. The van der Waals surface area contributed by atoms with Crippen LogP contribution in [-0.4, -0.2) is 78.6 Å². The van der Waals surface area contributed by atoms with Gasteiger partial charge >= 0.3 is 6.09 Å². The third-order valence-electron chi connectivity index (χ3n) is 5.68. The number of amides is 2. The molecule has 134 valence electrons. The minimum Gasteiger partial charge on any atom is -0.448 e. The third-order valence-corrected chi connectivity index (χ3v) is 5.68. The van der Waals surface area contributed by atoms with Crippen molar-refractivity contribution >= 4 is 12.0 Å². The summed E-state index contributed by atoms with van der Waals surface area (Å²) in [6.45, 7) is 4.40. The first-order valence-corrected chi connectivity index (χ1v) is 9.21.